The second-order valence-electron chi connectivity index (χ2n) is 3.48. The van der Waals surface area contributed by atoms with E-state index in [1.165, 1.54) is 6.07 Å². The molecule has 0 aliphatic carbocycles. The summed E-state index contributed by atoms with van der Waals surface area (Å²) in [6.45, 7) is 0. The SMILES string of the molecule is CS(=O)(=O)OC(C=O)c1cccc(C(F)(F)F)c1. The van der Waals surface area contributed by atoms with Crippen molar-refractivity contribution in [2.45, 2.75) is 12.3 Å². The molecule has 0 bridgehead atoms. The van der Waals surface area contributed by atoms with Gasteiger partial charge in [-0.15, -0.1) is 0 Å². The molecule has 100 valence electrons. The topological polar surface area (TPSA) is 60.4 Å². The Morgan fingerprint density at radius 1 is 1.33 bits per heavy atom. The molecule has 1 aromatic rings. The van der Waals surface area contributed by atoms with Crippen molar-refractivity contribution in [2.75, 3.05) is 6.26 Å². The molecule has 0 aliphatic rings. The second kappa shape index (κ2) is 5.07. The maximum absolute atomic E-state index is 12.4. The molecular formula is C10H9F3O4S. The van der Waals surface area contributed by atoms with Crippen LogP contribution in [-0.2, 0) is 25.3 Å². The zero-order valence-electron chi connectivity index (χ0n) is 9.14. The summed E-state index contributed by atoms with van der Waals surface area (Å²) in [5.74, 6) is 0. The van der Waals surface area contributed by atoms with Gasteiger partial charge in [0.05, 0.1) is 11.8 Å². The highest BCUT2D eigenvalue weighted by molar-refractivity contribution is 7.86. The molecule has 0 fully saturated rings. The number of alkyl halides is 3. The maximum atomic E-state index is 12.4. The fraction of sp³-hybridized carbons (Fsp3) is 0.300. The molecule has 0 saturated carbocycles. The second-order valence-corrected chi connectivity index (χ2v) is 5.08. The smallest absolute Gasteiger partial charge is 0.300 e. The quantitative estimate of drug-likeness (QED) is 0.625. The zero-order chi connectivity index (χ0) is 14.0. The molecule has 0 N–H and O–H groups in total. The van der Waals surface area contributed by atoms with Gasteiger partial charge in [-0.05, 0) is 17.7 Å². The minimum atomic E-state index is -4.57. The third-order valence-corrected chi connectivity index (χ3v) is 2.50. The molecule has 8 heteroatoms. The first-order valence-corrected chi connectivity index (χ1v) is 6.46. The van der Waals surface area contributed by atoms with Gasteiger partial charge < -0.3 is 4.79 Å². The van der Waals surface area contributed by atoms with Gasteiger partial charge in [-0.3, -0.25) is 4.18 Å². The molecule has 0 aliphatic heterocycles. The number of hydrogen-bond acceptors (Lipinski definition) is 4. The summed E-state index contributed by atoms with van der Waals surface area (Å²) in [6, 6.07) is 3.73. The van der Waals surface area contributed by atoms with Crippen LogP contribution in [0.1, 0.15) is 17.2 Å². The fourth-order valence-electron chi connectivity index (χ4n) is 1.24. The van der Waals surface area contributed by atoms with E-state index in [4.69, 9.17) is 0 Å². The molecule has 1 rings (SSSR count). The van der Waals surface area contributed by atoms with Crippen LogP contribution >= 0.6 is 0 Å². The van der Waals surface area contributed by atoms with E-state index in [-0.39, 0.29) is 11.8 Å². The number of hydrogen-bond donors (Lipinski definition) is 0. The fourth-order valence-corrected chi connectivity index (χ4v) is 1.77. The molecule has 18 heavy (non-hydrogen) atoms. The minimum Gasteiger partial charge on any atom is -0.300 e. The average Bonchev–Trinajstić information content (AvgIpc) is 2.23. The maximum Gasteiger partial charge on any atom is 0.416 e. The summed E-state index contributed by atoms with van der Waals surface area (Å²) in [6.07, 6.45) is -5.33. The minimum absolute atomic E-state index is 0.122. The van der Waals surface area contributed by atoms with E-state index in [0.717, 1.165) is 12.1 Å². The van der Waals surface area contributed by atoms with Crippen molar-refractivity contribution in [3.8, 4) is 0 Å². The van der Waals surface area contributed by atoms with E-state index >= 15 is 0 Å². The molecule has 1 unspecified atom stereocenters. The van der Waals surface area contributed by atoms with Crippen molar-refractivity contribution in [3.05, 3.63) is 35.4 Å². The molecule has 0 radical (unpaired) electrons. The van der Waals surface area contributed by atoms with Gasteiger partial charge >= 0.3 is 6.18 Å². The summed E-state index contributed by atoms with van der Waals surface area (Å²) in [4.78, 5) is 10.7. The predicted molar refractivity (Wildman–Crippen MR) is 56.2 cm³/mol. The van der Waals surface area contributed by atoms with E-state index in [2.05, 4.69) is 4.18 Å². The Bertz CT molecular complexity index is 536. The zero-order valence-corrected chi connectivity index (χ0v) is 9.96. The van der Waals surface area contributed by atoms with Crippen LogP contribution in [0.3, 0.4) is 0 Å². The lowest BCUT2D eigenvalue weighted by Gasteiger charge is -2.12. The average molecular weight is 282 g/mol. The molecule has 0 aromatic heterocycles. The van der Waals surface area contributed by atoms with Crippen molar-refractivity contribution in [3.63, 3.8) is 0 Å². The van der Waals surface area contributed by atoms with Crippen molar-refractivity contribution in [1.29, 1.82) is 0 Å². The molecular weight excluding hydrogens is 273 g/mol. The van der Waals surface area contributed by atoms with Crippen LogP contribution in [0.2, 0.25) is 0 Å². The molecule has 0 spiro atoms. The van der Waals surface area contributed by atoms with Gasteiger partial charge in [-0.25, -0.2) is 0 Å². The lowest BCUT2D eigenvalue weighted by Crippen LogP contribution is -2.13. The monoisotopic (exact) mass is 282 g/mol. The van der Waals surface area contributed by atoms with Crippen molar-refractivity contribution in [1.82, 2.24) is 0 Å². The van der Waals surface area contributed by atoms with E-state index in [1.54, 1.807) is 0 Å². The van der Waals surface area contributed by atoms with E-state index < -0.39 is 28.0 Å². The van der Waals surface area contributed by atoms with Gasteiger partial charge in [-0.1, -0.05) is 12.1 Å². The summed E-state index contributed by atoms with van der Waals surface area (Å²) in [5, 5.41) is 0. The molecule has 0 amide bonds. The first kappa shape index (κ1) is 14.7. The van der Waals surface area contributed by atoms with Crippen LogP contribution < -0.4 is 0 Å². The van der Waals surface area contributed by atoms with Gasteiger partial charge in [0, 0.05) is 0 Å². The van der Waals surface area contributed by atoms with Crippen molar-refractivity contribution < 1.29 is 30.6 Å². The molecule has 1 aromatic carbocycles. The van der Waals surface area contributed by atoms with Crippen molar-refractivity contribution >= 4 is 16.4 Å². The van der Waals surface area contributed by atoms with Crippen LogP contribution in [0, 0.1) is 0 Å². The summed E-state index contributed by atoms with van der Waals surface area (Å²) >= 11 is 0. The Hall–Kier alpha value is -1.41. The van der Waals surface area contributed by atoms with Gasteiger partial charge in [0.15, 0.2) is 12.4 Å². The molecule has 0 heterocycles. The number of benzene rings is 1. The number of aldehydes is 1. The Balaban J connectivity index is 3.12. The van der Waals surface area contributed by atoms with Crippen LogP contribution in [0.4, 0.5) is 13.2 Å². The van der Waals surface area contributed by atoms with Crippen molar-refractivity contribution in [2.24, 2.45) is 0 Å². The number of rotatable bonds is 4. The van der Waals surface area contributed by atoms with Crippen LogP contribution in [0.25, 0.3) is 0 Å². The lowest BCUT2D eigenvalue weighted by atomic mass is 10.1. The van der Waals surface area contributed by atoms with E-state index in [0.29, 0.717) is 12.3 Å². The normalized spacial score (nSPS) is 14.2. The Labute approximate surface area is 101 Å². The Morgan fingerprint density at radius 3 is 2.39 bits per heavy atom. The highest BCUT2D eigenvalue weighted by atomic mass is 32.2. The van der Waals surface area contributed by atoms with Gasteiger partial charge in [0.25, 0.3) is 10.1 Å². The molecule has 1 atom stereocenters. The first-order chi connectivity index (χ1) is 8.13. The third-order valence-electron chi connectivity index (χ3n) is 1.94. The van der Waals surface area contributed by atoms with E-state index in [9.17, 15) is 26.4 Å². The lowest BCUT2D eigenvalue weighted by molar-refractivity contribution is -0.137. The Kier molecular flexibility index (Phi) is 4.12. The van der Waals surface area contributed by atoms with Gasteiger partial charge in [-0.2, -0.15) is 21.6 Å². The molecule has 4 nitrogen and oxygen atoms in total. The molecule has 0 saturated heterocycles. The van der Waals surface area contributed by atoms with Gasteiger partial charge in [0.2, 0.25) is 0 Å². The largest absolute Gasteiger partial charge is 0.416 e. The summed E-state index contributed by atoms with van der Waals surface area (Å²) in [7, 11) is -3.94. The van der Waals surface area contributed by atoms with Crippen LogP contribution in [0.5, 0.6) is 0 Å². The Morgan fingerprint density at radius 2 is 1.94 bits per heavy atom. The van der Waals surface area contributed by atoms with Crippen LogP contribution in [-0.4, -0.2) is 21.0 Å². The first-order valence-electron chi connectivity index (χ1n) is 4.64. The summed E-state index contributed by atoms with van der Waals surface area (Å²) in [5.41, 5.74) is -1.16. The number of carbonyl (C=O) groups is 1. The highest BCUT2D eigenvalue weighted by Gasteiger charge is 2.31. The predicted octanol–water partition coefficient (Wildman–Crippen LogP) is 1.92. The number of carbonyl (C=O) groups excluding carboxylic acids is 1. The summed E-state index contributed by atoms with van der Waals surface area (Å²) < 4.78 is 63.4. The highest BCUT2D eigenvalue weighted by Crippen LogP contribution is 2.31. The third kappa shape index (κ3) is 4.11. The van der Waals surface area contributed by atoms with E-state index in [1.807, 2.05) is 0 Å². The van der Waals surface area contributed by atoms with Gasteiger partial charge in [0.1, 0.15) is 0 Å². The number of halogens is 3. The standard InChI is InChI=1S/C10H9F3O4S/c1-18(15,16)17-9(6-14)7-3-2-4-8(5-7)10(11,12)13/h2-6,9H,1H3. The van der Waals surface area contributed by atoms with Crippen LogP contribution in [0.15, 0.2) is 24.3 Å².